The van der Waals surface area contributed by atoms with E-state index in [1.807, 2.05) is 54.6 Å². The van der Waals surface area contributed by atoms with E-state index in [-0.39, 0.29) is 11.8 Å². The third-order valence-electron chi connectivity index (χ3n) is 4.72. The lowest BCUT2D eigenvalue weighted by Gasteiger charge is -2.08. The molecule has 2 N–H and O–H groups in total. The number of carbonyl (C=O) groups excluding carboxylic acids is 2. The summed E-state index contributed by atoms with van der Waals surface area (Å²) in [5.74, 6) is -0.198. The van der Waals surface area contributed by atoms with Gasteiger partial charge >= 0.3 is 0 Å². The molecule has 140 valence electrons. The van der Waals surface area contributed by atoms with Crippen LogP contribution in [0.15, 0.2) is 73.1 Å². The van der Waals surface area contributed by atoms with E-state index < -0.39 is 0 Å². The SMILES string of the molecule is O=C(NCc1cccc(C(=O)NC2CC2)c1)c1ccc(-c2ccncc2)cc1. The molecular weight excluding hydrogens is 350 g/mol. The fourth-order valence-corrected chi connectivity index (χ4v) is 2.96. The molecule has 1 aliphatic rings. The van der Waals surface area contributed by atoms with Crippen molar-refractivity contribution in [2.45, 2.75) is 25.4 Å². The van der Waals surface area contributed by atoms with E-state index in [0.29, 0.717) is 23.7 Å². The molecule has 0 saturated heterocycles. The van der Waals surface area contributed by atoms with E-state index >= 15 is 0 Å². The highest BCUT2D eigenvalue weighted by atomic mass is 16.2. The molecule has 5 nitrogen and oxygen atoms in total. The summed E-state index contributed by atoms with van der Waals surface area (Å²) in [4.78, 5) is 28.6. The highest BCUT2D eigenvalue weighted by Crippen LogP contribution is 2.20. The van der Waals surface area contributed by atoms with Crippen LogP contribution < -0.4 is 10.6 Å². The Morgan fingerprint density at radius 3 is 2.29 bits per heavy atom. The van der Waals surface area contributed by atoms with Crippen molar-refractivity contribution in [1.82, 2.24) is 15.6 Å². The zero-order valence-corrected chi connectivity index (χ0v) is 15.4. The predicted molar refractivity (Wildman–Crippen MR) is 108 cm³/mol. The molecule has 28 heavy (non-hydrogen) atoms. The summed E-state index contributed by atoms with van der Waals surface area (Å²) in [6.07, 6.45) is 5.60. The Bertz CT molecular complexity index is 980. The predicted octanol–water partition coefficient (Wildman–Crippen LogP) is 3.57. The quantitative estimate of drug-likeness (QED) is 0.696. The monoisotopic (exact) mass is 371 g/mol. The molecule has 2 aromatic carbocycles. The fraction of sp³-hybridized carbons (Fsp3) is 0.174. The van der Waals surface area contributed by atoms with Gasteiger partial charge in [0.25, 0.3) is 11.8 Å². The van der Waals surface area contributed by atoms with Gasteiger partial charge in [-0.05, 0) is 65.9 Å². The van der Waals surface area contributed by atoms with Gasteiger partial charge in [0.05, 0.1) is 0 Å². The molecule has 5 heteroatoms. The van der Waals surface area contributed by atoms with Crippen LogP contribution in [0.2, 0.25) is 0 Å². The van der Waals surface area contributed by atoms with E-state index in [9.17, 15) is 9.59 Å². The molecule has 0 radical (unpaired) electrons. The first-order valence-corrected chi connectivity index (χ1v) is 9.37. The van der Waals surface area contributed by atoms with Gasteiger partial charge in [-0.2, -0.15) is 0 Å². The number of rotatable bonds is 6. The number of amides is 2. The highest BCUT2D eigenvalue weighted by molar-refractivity contribution is 5.95. The van der Waals surface area contributed by atoms with E-state index in [1.165, 1.54) is 0 Å². The van der Waals surface area contributed by atoms with Crippen LogP contribution in [0, 0.1) is 0 Å². The van der Waals surface area contributed by atoms with Crippen LogP contribution in [0.4, 0.5) is 0 Å². The third-order valence-corrected chi connectivity index (χ3v) is 4.72. The van der Waals surface area contributed by atoms with Gasteiger partial charge < -0.3 is 10.6 Å². The second-order valence-electron chi connectivity index (χ2n) is 6.94. The molecule has 0 aliphatic heterocycles. The van der Waals surface area contributed by atoms with E-state index in [0.717, 1.165) is 29.5 Å². The van der Waals surface area contributed by atoms with Crippen molar-refractivity contribution in [1.29, 1.82) is 0 Å². The van der Waals surface area contributed by atoms with Gasteiger partial charge in [0, 0.05) is 36.1 Å². The second-order valence-corrected chi connectivity index (χ2v) is 6.94. The van der Waals surface area contributed by atoms with Crippen LogP contribution in [0.5, 0.6) is 0 Å². The minimum Gasteiger partial charge on any atom is -0.349 e. The summed E-state index contributed by atoms with van der Waals surface area (Å²) in [5, 5.41) is 5.89. The summed E-state index contributed by atoms with van der Waals surface area (Å²) in [6.45, 7) is 0.371. The van der Waals surface area contributed by atoms with E-state index in [1.54, 1.807) is 18.5 Å². The molecule has 1 aliphatic carbocycles. The number of aromatic nitrogens is 1. The Kier molecular flexibility index (Phi) is 5.15. The summed E-state index contributed by atoms with van der Waals surface area (Å²) in [5.41, 5.74) is 4.21. The Labute approximate surface area is 163 Å². The molecular formula is C23H21N3O2. The van der Waals surface area contributed by atoms with Crippen LogP contribution in [-0.4, -0.2) is 22.8 Å². The molecule has 2 amide bonds. The van der Waals surface area contributed by atoms with Crippen LogP contribution in [0.25, 0.3) is 11.1 Å². The molecule has 0 spiro atoms. The normalized spacial score (nSPS) is 13.0. The first-order chi connectivity index (χ1) is 13.7. The Hall–Kier alpha value is -3.47. The molecule has 4 rings (SSSR count). The smallest absolute Gasteiger partial charge is 0.251 e. The van der Waals surface area contributed by atoms with Crippen LogP contribution in [-0.2, 0) is 6.54 Å². The second kappa shape index (κ2) is 8.05. The number of pyridine rings is 1. The third kappa shape index (κ3) is 4.43. The van der Waals surface area contributed by atoms with Crippen LogP contribution in [0.1, 0.15) is 39.1 Å². The minimum absolute atomic E-state index is 0.0534. The average Bonchev–Trinajstić information content (AvgIpc) is 3.57. The number of hydrogen-bond donors (Lipinski definition) is 2. The van der Waals surface area contributed by atoms with Crippen molar-refractivity contribution in [3.05, 3.63) is 89.7 Å². The maximum atomic E-state index is 12.4. The number of nitrogens with zero attached hydrogens (tertiary/aromatic N) is 1. The standard InChI is InChI=1S/C23H21N3O2/c27-22(19-6-4-17(5-7-19)18-10-12-24-13-11-18)25-15-16-2-1-3-20(14-16)23(28)26-21-8-9-21/h1-7,10-14,21H,8-9,15H2,(H,25,27)(H,26,28). The van der Waals surface area contributed by atoms with Gasteiger partial charge in [-0.15, -0.1) is 0 Å². The summed E-state index contributed by atoms with van der Waals surface area (Å²) >= 11 is 0. The topological polar surface area (TPSA) is 71.1 Å². The van der Waals surface area contributed by atoms with Crippen molar-refractivity contribution >= 4 is 11.8 Å². The molecule has 1 aromatic heterocycles. The largest absolute Gasteiger partial charge is 0.349 e. The van der Waals surface area contributed by atoms with Crippen molar-refractivity contribution in [2.24, 2.45) is 0 Å². The lowest BCUT2D eigenvalue weighted by atomic mass is 10.0. The molecule has 1 saturated carbocycles. The molecule has 0 unspecified atom stereocenters. The summed E-state index contributed by atoms with van der Waals surface area (Å²) in [7, 11) is 0. The minimum atomic E-state index is -0.144. The zero-order valence-electron chi connectivity index (χ0n) is 15.4. The van der Waals surface area contributed by atoms with Crippen molar-refractivity contribution in [3.8, 4) is 11.1 Å². The van der Waals surface area contributed by atoms with Gasteiger partial charge in [-0.1, -0.05) is 24.3 Å². The molecule has 3 aromatic rings. The maximum absolute atomic E-state index is 12.4. The fourth-order valence-electron chi connectivity index (χ4n) is 2.96. The van der Waals surface area contributed by atoms with Gasteiger partial charge in [0.15, 0.2) is 0 Å². The van der Waals surface area contributed by atoms with Crippen molar-refractivity contribution in [2.75, 3.05) is 0 Å². The maximum Gasteiger partial charge on any atom is 0.251 e. The van der Waals surface area contributed by atoms with Gasteiger partial charge in [-0.3, -0.25) is 14.6 Å². The molecule has 1 heterocycles. The lowest BCUT2D eigenvalue weighted by molar-refractivity contribution is 0.0945. The van der Waals surface area contributed by atoms with Gasteiger partial charge in [0.1, 0.15) is 0 Å². The zero-order chi connectivity index (χ0) is 19.3. The van der Waals surface area contributed by atoms with Crippen LogP contribution in [0.3, 0.4) is 0 Å². The molecule has 1 fully saturated rings. The summed E-state index contributed by atoms with van der Waals surface area (Å²) in [6, 6.07) is 19.0. The Morgan fingerprint density at radius 2 is 1.57 bits per heavy atom. The first-order valence-electron chi connectivity index (χ1n) is 9.37. The van der Waals surface area contributed by atoms with Crippen molar-refractivity contribution < 1.29 is 9.59 Å². The average molecular weight is 371 g/mol. The number of carbonyl (C=O) groups is 2. The number of benzene rings is 2. The van der Waals surface area contributed by atoms with E-state index in [2.05, 4.69) is 15.6 Å². The van der Waals surface area contributed by atoms with E-state index in [4.69, 9.17) is 0 Å². The van der Waals surface area contributed by atoms with Crippen molar-refractivity contribution in [3.63, 3.8) is 0 Å². The number of hydrogen-bond acceptors (Lipinski definition) is 3. The molecule has 0 atom stereocenters. The Morgan fingerprint density at radius 1 is 0.857 bits per heavy atom. The van der Waals surface area contributed by atoms with Gasteiger partial charge in [-0.25, -0.2) is 0 Å². The highest BCUT2D eigenvalue weighted by Gasteiger charge is 2.23. The van der Waals surface area contributed by atoms with Gasteiger partial charge in [0.2, 0.25) is 0 Å². The van der Waals surface area contributed by atoms with Crippen LogP contribution >= 0.6 is 0 Å². The number of nitrogens with one attached hydrogen (secondary N) is 2. The first kappa shape index (κ1) is 17.9. The summed E-state index contributed by atoms with van der Waals surface area (Å²) < 4.78 is 0. The lowest BCUT2D eigenvalue weighted by Crippen LogP contribution is -2.26. The Balaban J connectivity index is 1.37. The molecule has 0 bridgehead atoms.